The number of rotatable bonds is 0. The Hall–Kier alpha value is -0.0200. The van der Waals surface area contributed by atoms with Crippen molar-refractivity contribution in [2.75, 3.05) is 0 Å². The third kappa shape index (κ3) is 4.77. The monoisotopic (exact) mass is 390 g/mol. The largest absolute Gasteiger partial charge is 0.505 e. The fourth-order valence-electron chi connectivity index (χ4n) is 1.12. The second kappa shape index (κ2) is 7.84. The van der Waals surface area contributed by atoms with E-state index in [4.69, 9.17) is 74.7 Å². The van der Waals surface area contributed by atoms with Crippen molar-refractivity contribution in [1.82, 2.24) is 0 Å². The highest BCUT2D eigenvalue weighted by Gasteiger charge is 2.11. The zero-order chi connectivity index (χ0) is 15.4. The maximum Gasteiger partial charge on any atom is 0.154 e. The Balaban J connectivity index is 0.000000204. The van der Waals surface area contributed by atoms with Crippen LogP contribution in [0.25, 0.3) is 0 Å². The molecule has 20 heavy (non-hydrogen) atoms. The van der Waals surface area contributed by atoms with Crippen molar-refractivity contribution in [3.05, 3.63) is 60.0 Å². The molecule has 2 rings (SSSR count). The Morgan fingerprint density at radius 3 is 1.85 bits per heavy atom. The van der Waals surface area contributed by atoms with Crippen LogP contribution in [-0.2, 0) is 0 Å². The summed E-state index contributed by atoms with van der Waals surface area (Å²) in [6.07, 6.45) is 0. The van der Waals surface area contributed by atoms with Gasteiger partial charge in [-0.3, -0.25) is 0 Å². The van der Waals surface area contributed by atoms with Gasteiger partial charge in [-0.2, -0.15) is 0 Å². The molecule has 0 heterocycles. The molecule has 0 aliphatic carbocycles. The van der Waals surface area contributed by atoms with Gasteiger partial charge in [-0.25, -0.2) is 0 Å². The summed E-state index contributed by atoms with van der Waals surface area (Å²) in [6.45, 7) is 1.94. The van der Waals surface area contributed by atoms with Crippen molar-refractivity contribution in [3.8, 4) is 5.75 Å². The lowest BCUT2D eigenvalue weighted by molar-refractivity contribution is 0.476. The molecule has 0 fully saturated rings. The molecular formula is C13H8Cl6O. The third-order valence-corrected chi connectivity index (χ3v) is 4.41. The van der Waals surface area contributed by atoms with E-state index in [1.165, 1.54) is 6.07 Å². The fraction of sp³-hybridized carbons (Fsp3) is 0.0769. The molecule has 2 aromatic carbocycles. The summed E-state index contributed by atoms with van der Waals surface area (Å²) in [5.41, 5.74) is 1.06. The number of benzene rings is 2. The van der Waals surface area contributed by atoms with E-state index in [0.717, 1.165) is 10.6 Å². The van der Waals surface area contributed by atoms with E-state index < -0.39 is 0 Å². The summed E-state index contributed by atoms with van der Waals surface area (Å²) in [5.74, 6) is -0.247. The third-order valence-electron chi connectivity index (χ3n) is 2.22. The van der Waals surface area contributed by atoms with Crippen LogP contribution in [0.15, 0.2) is 24.3 Å². The smallest absolute Gasteiger partial charge is 0.154 e. The molecule has 7 heteroatoms. The second-order valence-electron chi connectivity index (χ2n) is 3.71. The van der Waals surface area contributed by atoms with Gasteiger partial charge in [-0.05, 0) is 30.7 Å². The fourth-order valence-corrected chi connectivity index (χ4v) is 2.44. The molecule has 0 saturated heterocycles. The Kier molecular flexibility index (Phi) is 7.07. The Bertz CT molecular complexity index is 600. The van der Waals surface area contributed by atoms with E-state index in [9.17, 15) is 0 Å². The maximum absolute atomic E-state index is 9.10. The van der Waals surface area contributed by atoms with E-state index in [2.05, 4.69) is 0 Å². The number of aromatic hydroxyl groups is 1. The molecule has 0 saturated carbocycles. The minimum atomic E-state index is -0.247. The van der Waals surface area contributed by atoms with Gasteiger partial charge in [0.25, 0.3) is 0 Å². The minimum absolute atomic E-state index is 0.0239. The summed E-state index contributed by atoms with van der Waals surface area (Å²) in [6, 6.07) is 6.78. The zero-order valence-electron chi connectivity index (χ0n) is 10.0. The molecule has 0 amide bonds. The van der Waals surface area contributed by atoms with Gasteiger partial charge in [0, 0.05) is 10.0 Å². The topological polar surface area (TPSA) is 20.2 Å². The molecule has 0 atom stereocenters. The maximum atomic E-state index is 9.10. The SMILES string of the molecule is Cc1ccc(Cl)cc1Cl.Oc1c(Cl)cc(Cl)c(Cl)c1Cl. The van der Waals surface area contributed by atoms with Crippen LogP contribution in [0.2, 0.25) is 30.1 Å². The molecule has 2 aromatic rings. The lowest BCUT2D eigenvalue weighted by atomic mass is 10.2. The van der Waals surface area contributed by atoms with E-state index in [-0.39, 0.29) is 25.8 Å². The number of aryl methyl sites for hydroxylation is 1. The summed E-state index contributed by atoms with van der Waals surface area (Å²) >= 11 is 33.6. The van der Waals surface area contributed by atoms with Gasteiger partial charge in [-0.15, -0.1) is 0 Å². The first-order valence-electron chi connectivity index (χ1n) is 5.17. The first-order chi connectivity index (χ1) is 9.23. The summed E-state index contributed by atoms with van der Waals surface area (Å²) in [4.78, 5) is 0. The van der Waals surface area contributed by atoms with Crippen LogP contribution in [0.4, 0.5) is 0 Å². The van der Waals surface area contributed by atoms with Crippen molar-refractivity contribution < 1.29 is 5.11 Å². The predicted octanol–water partition coefficient (Wildman–Crippen LogP) is 7.31. The number of hydrogen-bond acceptors (Lipinski definition) is 1. The van der Waals surface area contributed by atoms with Crippen LogP contribution >= 0.6 is 69.6 Å². The van der Waals surface area contributed by atoms with Gasteiger partial charge < -0.3 is 5.11 Å². The van der Waals surface area contributed by atoms with E-state index in [1.54, 1.807) is 6.07 Å². The number of halogens is 6. The molecule has 1 nitrogen and oxygen atoms in total. The summed E-state index contributed by atoms with van der Waals surface area (Å²) in [7, 11) is 0. The highest BCUT2D eigenvalue weighted by molar-refractivity contribution is 6.50. The quantitative estimate of drug-likeness (QED) is 0.368. The molecule has 0 aliphatic rings. The van der Waals surface area contributed by atoms with Crippen LogP contribution in [0.3, 0.4) is 0 Å². The van der Waals surface area contributed by atoms with Gasteiger partial charge in [0.15, 0.2) is 5.75 Å². The Labute approximate surface area is 146 Å². The molecule has 0 spiro atoms. The molecule has 1 N–H and O–H groups in total. The van der Waals surface area contributed by atoms with Crippen LogP contribution in [0, 0.1) is 6.92 Å². The van der Waals surface area contributed by atoms with Gasteiger partial charge >= 0.3 is 0 Å². The first-order valence-corrected chi connectivity index (χ1v) is 7.44. The van der Waals surface area contributed by atoms with Crippen molar-refractivity contribution in [3.63, 3.8) is 0 Å². The highest BCUT2D eigenvalue weighted by Crippen LogP contribution is 2.41. The molecule has 0 bridgehead atoms. The molecule has 0 unspecified atom stereocenters. The average molecular weight is 393 g/mol. The lowest BCUT2D eigenvalue weighted by Gasteiger charge is -2.02. The lowest BCUT2D eigenvalue weighted by Crippen LogP contribution is -1.75. The predicted molar refractivity (Wildman–Crippen MR) is 89.3 cm³/mol. The van der Waals surface area contributed by atoms with Crippen molar-refractivity contribution in [2.24, 2.45) is 0 Å². The Morgan fingerprint density at radius 2 is 1.35 bits per heavy atom. The molecule has 0 aromatic heterocycles. The second-order valence-corrected chi connectivity index (χ2v) is 6.12. The van der Waals surface area contributed by atoms with Crippen LogP contribution in [-0.4, -0.2) is 5.11 Å². The van der Waals surface area contributed by atoms with Crippen LogP contribution < -0.4 is 0 Å². The van der Waals surface area contributed by atoms with Crippen molar-refractivity contribution in [2.45, 2.75) is 6.92 Å². The van der Waals surface area contributed by atoms with Gasteiger partial charge in [0.2, 0.25) is 0 Å². The molecular weight excluding hydrogens is 385 g/mol. The van der Waals surface area contributed by atoms with Crippen LogP contribution in [0.1, 0.15) is 5.56 Å². The van der Waals surface area contributed by atoms with Gasteiger partial charge in [0.1, 0.15) is 5.02 Å². The number of phenolic OH excluding ortho intramolecular Hbond substituents is 1. The highest BCUT2D eigenvalue weighted by atomic mass is 35.5. The van der Waals surface area contributed by atoms with E-state index >= 15 is 0 Å². The van der Waals surface area contributed by atoms with E-state index in [1.807, 2.05) is 19.1 Å². The summed E-state index contributed by atoms with van der Waals surface area (Å²) < 4.78 is 0. The minimum Gasteiger partial charge on any atom is -0.505 e. The summed E-state index contributed by atoms with van der Waals surface area (Å²) in [5, 5.41) is 10.9. The van der Waals surface area contributed by atoms with Gasteiger partial charge in [-0.1, -0.05) is 75.7 Å². The average Bonchev–Trinajstić information content (AvgIpc) is 2.39. The molecule has 0 aliphatic heterocycles. The zero-order valence-corrected chi connectivity index (χ0v) is 14.6. The van der Waals surface area contributed by atoms with Crippen molar-refractivity contribution in [1.29, 1.82) is 0 Å². The first kappa shape index (κ1) is 18.0. The number of phenols is 1. The standard InChI is InChI=1S/C7H6Cl2.C6H2Cl4O/c1-5-2-3-6(8)4-7(5)9;7-2-1-3(8)6(11)5(10)4(2)9/h2-4H,1H3;1,11H. The van der Waals surface area contributed by atoms with Crippen LogP contribution in [0.5, 0.6) is 5.75 Å². The molecule has 0 radical (unpaired) electrons. The van der Waals surface area contributed by atoms with E-state index in [0.29, 0.717) is 5.02 Å². The van der Waals surface area contributed by atoms with Gasteiger partial charge in [0.05, 0.1) is 15.1 Å². The number of hydrogen-bond donors (Lipinski definition) is 1. The Morgan fingerprint density at radius 1 is 0.750 bits per heavy atom. The molecule has 108 valence electrons. The normalized spacial score (nSPS) is 9.95. The van der Waals surface area contributed by atoms with Crippen molar-refractivity contribution >= 4 is 69.6 Å².